The first-order valence-corrected chi connectivity index (χ1v) is 7.93. The molecule has 0 spiro atoms. The van der Waals surface area contributed by atoms with Gasteiger partial charge in [0, 0.05) is 43.5 Å². The SMILES string of the molecule is COC[C@@]12COC[C@@H]1CN(Cc1ccc3ccccc3n1)C2. The summed E-state index contributed by atoms with van der Waals surface area (Å²) in [6.07, 6.45) is 0. The second kappa shape index (κ2) is 5.61. The van der Waals surface area contributed by atoms with Crippen LogP contribution < -0.4 is 0 Å². The lowest BCUT2D eigenvalue weighted by atomic mass is 9.82. The summed E-state index contributed by atoms with van der Waals surface area (Å²) in [5.74, 6) is 0.591. The van der Waals surface area contributed by atoms with E-state index in [4.69, 9.17) is 14.5 Å². The topological polar surface area (TPSA) is 34.6 Å². The Labute approximate surface area is 131 Å². The molecule has 2 aromatic rings. The largest absolute Gasteiger partial charge is 0.384 e. The average molecular weight is 298 g/mol. The molecule has 2 fully saturated rings. The highest BCUT2D eigenvalue weighted by atomic mass is 16.5. The summed E-state index contributed by atoms with van der Waals surface area (Å²) in [5.41, 5.74) is 2.41. The van der Waals surface area contributed by atoms with E-state index in [2.05, 4.69) is 35.2 Å². The molecule has 2 aliphatic heterocycles. The molecule has 2 atom stereocenters. The fourth-order valence-corrected chi connectivity index (χ4v) is 3.98. The van der Waals surface area contributed by atoms with Crippen LogP contribution in [0.25, 0.3) is 10.9 Å². The molecule has 0 aliphatic carbocycles. The monoisotopic (exact) mass is 298 g/mol. The Morgan fingerprint density at radius 2 is 2.23 bits per heavy atom. The molecule has 4 rings (SSSR count). The first kappa shape index (κ1) is 14.1. The van der Waals surface area contributed by atoms with Crippen LogP contribution in [0.3, 0.4) is 0 Å². The molecule has 0 N–H and O–H groups in total. The van der Waals surface area contributed by atoms with Gasteiger partial charge in [-0.2, -0.15) is 0 Å². The Morgan fingerprint density at radius 1 is 1.32 bits per heavy atom. The lowest BCUT2D eigenvalue weighted by molar-refractivity contribution is 0.0532. The zero-order valence-corrected chi connectivity index (χ0v) is 13.0. The molecule has 0 unspecified atom stereocenters. The summed E-state index contributed by atoms with van der Waals surface area (Å²) in [4.78, 5) is 7.30. The molecule has 0 saturated carbocycles. The number of benzene rings is 1. The number of rotatable bonds is 4. The van der Waals surface area contributed by atoms with Crippen LogP contribution in [0.4, 0.5) is 0 Å². The van der Waals surface area contributed by atoms with Crippen LogP contribution >= 0.6 is 0 Å². The van der Waals surface area contributed by atoms with Crippen molar-refractivity contribution < 1.29 is 9.47 Å². The molecule has 0 amide bonds. The minimum Gasteiger partial charge on any atom is -0.384 e. The molecule has 3 heterocycles. The number of hydrogen-bond acceptors (Lipinski definition) is 4. The van der Waals surface area contributed by atoms with Crippen molar-refractivity contribution in [3.05, 3.63) is 42.1 Å². The van der Waals surface area contributed by atoms with Gasteiger partial charge in [-0.15, -0.1) is 0 Å². The zero-order valence-electron chi connectivity index (χ0n) is 13.0. The minimum absolute atomic E-state index is 0.186. The van der Waals surface area contributed by atoms with Crippen molar-refractivity contribution in [1.82, 2.24) is 9.88 Å². The lowest BCUT2D eigenvalue weighted by Gasteiger charge is -2.26. The van der Waals surface area contributed by atoms with Crippen LogP contribution in [-0.2, 0) is 16.0 Å². The fourth-order valence-electron chi connectivity index (χ4n) is 3.98. The summed E-state index contributed by atoms with van der Waals surface area (Å²) in [5, 5.41) is 1.20. The Bertz CT molecular complexity index is 675. The van der Waals surface area contributed by atoms with Gasteiger partial charge in [0.1, 0.15) is 0 Å². The highest BCUT2D eigenvalue weighted by Gasteiger charge is 2.50. The lowest BCUT2D eigenvalue weighted by Crippen LogP contribution is -2.35. The van der Waals surface area contributed by atoms with E-state index in [1.165, 1.54) is 5.39 Å². The molecule has 2 saturated heterocycles. The number of methoxy groups -OCH3 is 1. The van der Waals surface area contributed by atoms with Gasteiger partial charge in [0.2, 0.25) is 0 Å². The summed E-state index contributed by atoms with van der Waals surface area (Å²) in [6.45, 7) is 5.52. The van der Waals surface area contributed by atoms with E-state index in [0.29, 0.717) is 5.92 Å². The molecule has 0 radical (unpaired) electrons. The van der Waals surface area contributed by atoms with Gasteiger partial charge in [0.15, 0.2) is 0 Å². The third kappa shape index (κ3) is 2.41. The van der Waals surface area contributed by atoms with Gasteiger partial charge >= 0.3 is 0 Å². The van der Waals surface area contributed by atoms with Crippen LogP contribution in [0.5, 0.6) is 0 Å². The Balaban J connectivity index is 1.51. The van der Waals surface area contributed by atoms with Crippen LogP contribution in [0.1, 0.15) is 5.69 Å². The molecular weight excluding hydrogens is 276 g/mol. The number of nitrogens with zero attached hydrogens (tertiary/aromatic N) is 2. The molecular formula is C18H22N2O2. The summed E-state index contributed by atoms with van der Waals surface area (Å²) in [6, 6.07) is 12.6. The van der Waals surface area contributed by atoms with Crippen molar-refractivity contribution in [2.45, 2.75) is 6.54 Å². The molecule has 2 aliphatic rings. The van der Waals surface area contributed by atoms with Gasteiger partial charge in [0.05, 0.1) is 31.0 Å². The maximum absolute atomic E-state index is 5.70. The number of pyridine rings is 1. The average Bonchev–Trinajstić information content (AvgIpc) is 3.04. The number of para-hydroxylation sites is 1. The molecule has 1 aromatic heterocycles. The molecule has 22 heavy (non-hydrogen) atoms. The number of likely N-dealkylation sites (tertiary alicyclic amines) is 1. The van der Waals surface area contributed by atoms with Crippen LogP contribution in [0, 0.1) is 11.3 Å². The number of ether oxygens (including phenoxy) is 2. The number of hydrogen-bond donors (Lipinski definition) is 0. The van der Waals surface area contributed by atoms with E-state index in [9.17, 15) is 0 Å². The molecule has 116 valence electrons. The van der Waals surface area contributed by atoms with Gasteiger partial charge in [-0.1, -0.05) is 24.3 Å². The predicted octanol–water partition coefficient (Wildman–Crippen LogP) is 2.33. The van der Waals surface area contributed by atoms with E-state index in [-0.39, 0.29) is 5.41 Å². The van der Waals surface area contributed by atoms with Gasteiger partial charge < -0.3 is 9.47 Å². The van der Waals surface area contributed by atoms with Crippen LogP contribution in [0.15, 0.2) is 36.4 Å². The Hall–Kier alpha value is -1.49. The maximum Gasteiger partial charge on any atom is 0.0705 e. The summed E-state index contributed by atoms with van der Waals surface area (Å²) < 4.78 is 11.2. The second-order valence-corrected chi connectivity index (χ2v) is 6.67. The van der Waals surface area contributed by atoms with E-state index in [1.54, 1.807) is 7.11 Å². The quantitative estimate of drug-likeness (QED) is 0.868. The van der Waals surface area contributed by atoms with Gasteiger partial charge in [-0.05, 0) is 12.1 Å². The Morgan fingerprint density at radius 3 is 3.14 bits per heavy atom. The smallest absolute Gasteiger partial charge is 0.0705 e. The van der Waals surface area contributed by atoms with Gasteiger partial charge in [-0.25, -0.2) is 0 Å². The number of aromatic nitrogens is 1. The van der Waals surface area contributed by atoms with E-state index in [0.717, 1.165) is 50.7 Å². The highest BCUT2D eigenvalue weighted by Crippen LogP contribution is 2.41. The third-order valence-corrected chi connectivity index (χ3v) is 5.07. The molecule has 4 nitrogen and oxygen atoms in total. The van der Waals surface area contributed by atoms with Crippen molar-refractivity contribution in [2.24, 2.45) is 11.3 Å². The van der Waals surface area contributed by atoms with Crippen molar-refractivity contribution in [2.75, 3.05) is 40.0 Å². The summed E-state index contributed by atoms with van der Waals surface area (Å²) >= 11 is 0. The fraction of sp³-hybridized carbons (Fsp3) is 0.500. The standard InChI is InChI=1S/C18H22N2O2/c1-21-12-18-11-20(8-15(18)10-22-13-18)9-16-7-6-14-4-2-3-5-17(14)19-16/h2-7,15H,8-13H2,1H3/t15-,18-/m0/s1. The Kier molecular flexibility index (Phi) is 3.60. The second-order valence-electron chi connectivity index (χ2n) is 6.67. The van der Waals surface area contributed by atoms with E-state index in [1.807, 2.05) is 6.07 Å². The zero-order chi connectivity index (χ0) is 15.0. The van der Waals surface area contributed by atoms with Gasteiger partial charge in [-0.3, -0.25) is 9.88 Å². The van der Waals surface area contributed by atoms with Crippen molar-refractivity contribution >= 4 is 10.9 Å². The maximum atomic E-state index is 5.70. The molecule has 4 heteroatoms. The van der Waals surface area contributed by atoms with E-state index >= 15 is 0 Å². The van der Waals surface area contributed by atoms with Crippen LogP contribution in [-0.4, -0.2) is 49.9 Å². The number of fused-ring (bicyclic) bond motifs is 2. The van der Waals surface area contributed by atoms with Crippen molar-refractivity contribution in [3.63, 3.8) is 0 Å². The van der Waals surface area contributed by atoms with Gasteiger partial charge in [0.25, 0.3) is 0 Å². The minimum atomic E-state index is 0.186. The predicted molar refractivity (Wildman–Crippen MR) is 85.6 cm³/mol. The van der Waals surface area contributed by atoms with E-state index < -0.39 is 0 Å². The first-order chi connectivity index (χ1) is 10.8. The highest BCUT2D eigenvalue weighted by molar-refractivity contribution is 5.78. The third-order valence-electron chi connectivity index (χ3n) is 5.07. The first-order valence-electron chi connectivity index (χ1n) is 7.93. The normalized spacial score (nSPS) is 28.3. The van der Waals surface area contributed by atoms with Crippen molar-refractivity contribution in [3.8, 4) is 0 Å². The van der Waals surface area contributed by atoms with Crippen LogP contribution in [0.2, 0.25) is 0 Å². The molecule has 0 bridgehead atoms. The van der Waals surface area contributed by atoms with Crippen molar-refractivity contribution in [1.29, 1.82) is 0 Å². The summed E-state index contributed by atoms with van der Waals surface area (Å²) in [7, 11) is 1.79. The molecule has 1 aromatic carbocycles.